The Kier molecular flexibility index (Phi) is 3.79. The molecule has 0 aromatic rings. The van der Waals surface area contributed by atoms with Crippen molar-refractivity contribution >= 4 is 0 Å². The van der Waals surface area contributed by atoms with E-state index in [-0.39, 0.29) is 0 Å². The largest absolute Gasteiger partial charge is 0.327 e. The van der Waals surface area contributed by atoms with E-state index in [1.54, 1.807) is 0 Å². The highest BCUT2D eigenvalue weighted by Gasteiger charge is 2.23. The number of nitrogens with zero attached hydrogens (tertiary/aromatic N) is 1. The molecular weight excluding hydrogens is 174 g/mol. The predicted octanol–water partition coefficient (Wildman–Crippen LogP) is 0.552. The Morgan fingerprint density at radius 1 is 1.14 bits per heavy atom. The van der Waals surface area contributed by atoms with Gasteiger partial charge >= 0.3 is 0 Å². The zero-order valence-electron chi connectivity index (χ0n) is 9.04. The molecule has 0 radical (unpaired) electrons. The van der Waals surface area contributed by atoms with Gasteiger partial charge in [-0.25, -0.2) is 0 Å². The standard InChI is InChI=1S/C11H23N3/c12-10-4-1-2-7-14(9-10)11-5-3-6-13-8-11/h10-11,13H,1-9,12H2. The number of rotatable bonds is 1. The van der Waals surface area contributed by atoms with E-state index in [0.29, 0.717) is 6.04 Å². The maximum Gasteiger partial charge on any atom is 0.0221 e. The summed E-state index contributed by atoms with van der Waals surface area (Å²) in [5.41, 5.74) is 6.07. The van der Waals surface area contributed by atoms with Gasteiger partial charge in [0.2, 0.25) is 0 Å². The highest BCUT2D eigenvalue weighted by molar-refractivity contribution is 4.82. The van der Waals surface area contributed by atoms with Crippen LogP contribution in [0.5, 0.6) is 0 Å². The number of piperidine rings is 1. The van der Waals surface area contributed by atoms with Crippen LogP contribution in [0.2, 0.25) is 0 Å². The van der Waals surface area contributed by atoms with Crippen LogP contribution in [0.15, 0.2) is 0 Å². The third-order valence-corrected chi connectivity index (χ3v) is 3.53. The monoisotopic (exact) mass is 197 g/mol. The lowest BCUT2D eigenvalue weighted by Gasteiger charge is -2.34. The molecule has 2 aliphatic rings. The van der Waals surface area contributed by atoms with Crippen molar-refractivity contribution in [1.82, 2.24) is 10.2 Å². The van der Waals surface area contributed by atoms with E-state index in [1.807, 2.05) is 0 Å². The van der Waals surface area contributed by atoms with Gasteiger partial charge in [-0.15, -0.1) is 0 Å². The Bertz CT molecular complexity index is 166. The van der Waals surface area contributed by atoms with Gasteiger partial charge in [-0.1, -0.05) is 6.42 Å². The Morgan fingerprint density at radius 2 is 2.07 bits per heavy atom. The van der Waals surface area contributed by atoms with Crippen molar-refractivity contribution in [3.05, 3.63) is 0 Å². The number of hydrogen-bond donors (Lipinski definition) is 2. The van der Waals surface area contributed by atoms with Crippen LogP contribution in [-0.2, 0) is 0 Å². The van der Waals surface area contributed by atoms with E-state index < -0.39 is 0 Å². The van der Waals surface area contributed by atoms with Gasteiger partial charge in [0.1, 0.15) is 0 Å². The van der Waals surface area contributed by atoms with Gasteiger partial charge in [-0.05, 0) is 38.8 Å². The molecule has 0 amide bonds. The molecule has 0 aliphatic carbocycles. The molecule has 2 unspecified atom stereocenters. The van der Waals surface area contributed by atoms with Gasteiger partial charge in [-0.3, -0.25) is 4.90 Å². The molecule has 2 saturated heterocycles. The topological polar surface area (TPSA) is 41.3 Å². The third-order valence-electron chi connectivity index (χ3n) is 3.53. The fraction of sp³-hybridized carbons (Fsp3) is 1.00. The van der Waals surface area contributed by atoms with Crippen LogP contribution in [0.1, 0.15) is 32.1 Å². The lowest BCUT2D eigenvalue weighted by molar-refractivity contribution is 0.165. The number of nitrogens with two attached hydrogens (primary N) is 1. The minimum atomic E-state index is 0.416. The predicted molar refractivity (Wildman–Crippen MR) is 59.3 cm³/mol. The van der Waals surface area contributed by atoms with E-state index in [4.69, 9.17) is 5.73 Å². The van der Waals surface area contributed by atoms with Crippen LogP contribution in [0.25, 0.3) is 0 Å². The number of likely N-dealkylation sites (tertiary alicyclic amines) is 1. The lowest BCUT2D eigenvalue weighted by Crippen LogP contribution is -2.49. The van der Waals surface area contributed by atoms with Crippen LogP contribution < -0.4 is 11.1 Å². The summed E-state index contributed by atoms with van der Waals surface area (Å²) in [6, 6.07) is 1.17. The molecular formula is C11H23N3. The summed E-state index contributed by atoms with van der Waals surface area (Å²) < 4.78 is 0. The van der Waals surface area contributed by atoms with Crippen molar-refractivity contribution in [2.24, 2.45) is 5.73 Å². The van der Waals surface area contributed by atoms with Crippen molar-refractivity contribution < 1.29 is 0 Å². The molecule has 0 saturated carbocycles. The highest BCUT2D eigenvalue weighted by atomic mass is 15.2. The molecule has 14 heavy (non-hydrogen) atoms. The minimum Gasteiger partial charge on any atom is -0.327 e. The summed E-state index contributed by atoms with van der Waals surface area (Å²) in [6.07, 6.45) is 6.56. The van der Waals surface area contributed by atoms with Crippen molar-refractivity contribution in [1.29, 1.82) is 0 Å². The second-order valence-corrected chi connectivity index (χ2v) is 4.75. The highest BCUT2D eigenvalue weighted by Crippen LogP contribution is 2.16. The van der Waals surface area contributed by atoms with Gasteiger partial charge in [0, 0.05) is 25.2 Å². The van der Waals surface area contributed by atoms with E-state index in [9.17, 15) is 0 Å². The molecule has 0 bridgehead atoms. The maximum absolute atomic E-state index is 6.07. The fourth-order valence-corrected chi connectivity index (χ4v) is 2.68. The second-order valence-electron chi connectivity index (χ2n) is 4.75. The SMILES string of the molecule is NC1CCCCN(C2CCCNC2)C1. The first-order valence-electron chi connectivity index (χ1n) is 6.06. The molecule has 2 rings (SSSR count). The summed E-state index contributed by atoms with van der Waals surface area (Å²) >= 11 is 0. The first-order valence-corrected chi connectivity index (χ1v) is 6.06. The third kappa shape index (κ3) is 2.69. The van der Waals surface area contributed by atoms with Crippen molar-refractivity contribution in [3.63, 3.8) is 0 Å². The quantitative estimate of drug-likeness (QED) is 0.645. The number of nitrogens with one attached hydrogen (secondary N) is 1. The van der Waals surface area contributed by atoms with Gasteiger partial charge < -0.3 is 11.1 Å². The van der Waals surface area contributed by atoms with Crippen molar-refractivity contribution in [3.8, 4) is 0 Å². The normalized spacial score (nSPS) is 36.6. The smallest absolute Gasteiger partial charge is 0.0221 e. The molecule has 2 atom stereocenters. The first kappa shape index (κ1) is 10.4. The van der Waals surface area contributed by atoms with Gasteiger partial charge in [0.25, 0.3) is 0 Å². The van der Waals surface area contributed by atoms with Gasteiger partial charge in [-0.2, -0.15) is 0 Å². The molecule has 82 valence electrons. The molecule has 0 spiro atoms. The van der Waals surface area contributed by atoms with Crippen LogP contribution in [0.3, 0.4) is 0 Å². The molecule has 2 heterocycles. The molecule has 0 aromatic carbocycles. The average Bonchev–Trinajstić information content (AvgIpc) is 2.44. The molecule has 3 heteroatoms. The summed E-state index contributed by atoms with van der Waals surface area (Å²) in [4.78, 5) is 2.61. The zero-order valence-corrected chi connectivity index (χ0v) is 9.04. The maximum atomic E-state index is 6.07. The number of hydrogen-bond acceptors (Lipinski definition) is 3. The Labute approximate surface area is 87.0 Å². The molecule has 2 fully saturated rings. The Hall–Kier alpha value is -0.120. The Balaban J connectivity index is 1.87. The molecule has 0 aromatic heterocycles. The van der Waals surface area contributed by atoms with E-state index in [2.05, 4.69) is 10.2 Å². The molecule has 3 N–H and O–H groups in total. The molecule has 2 aliphatic heterocycles. The van der Waals surface area contributed by atoms with E-state index >= 15 is 0 Å². The van der Waals surface area contributed by atoms with Crippen LogP contribution in [0.4, 0.5) is 0 Å². The summed E-state index contributed by atoms with van der Waals surface area (Å²) in [5, 5.41) is 3.48. The summed E-state index contributed by atoms with van der Waals surface area (Å²) in [5.74, 6) is 0. The lowest BCUT2D eigenvalue weighted by atomic mass is 10.1. The first-order chi connectivity index (χ1) is 6.86. The minimum absolute atomic E-state index is 0.416. The van der Waals surface area contributed by atoms with E-state index in [1.165, 1.54) is 51.7 Å². The Morgan fingerprint density at radius 3 is 2.86 bits per heavy atom. The average molecular weight is 197 g/mol. The van der Waals surface area contributed by atoms with Crippen LogP contribution >= 0.6 is 0 Å². The van der Waals surface area contributed by atoms with Crippen LogP contribution in [-0.4, -0.2) is 43.2 Å². The van der Waals surface area contributed by atoms with Gasteiger partial charge in [0.15, 0.2) is 0 Å². The second kappa shape index (κ2) is 5.10. The van der Waals surface area contributed by atoms with E-state index in [0.717, 1.165) is 12.6 Å². The van der Waals surface area contributed by atoms with Gasteiger partial charge in [0.05, 0.1) is 0 Å². The fourth-order valence-electron chi connectivity index (χ4n) is 2.68. The molecule has 3 nitrogen and oxygen atoms in total. The summed E-state index contributed by atoms with van der Waals surface area (Å²) in [6.45, 7) is 4.76. The summed E-state index contributed by atoms with van der Waals surface area (Å²) in [7, 11) is 0. The van der Waals surface area contributed by atoms with Crippen molar-refractivity contribution in [2.45, 2.75) is 44.2 Å². The van der Waals surface area contributed by atoms with Crippen LogP contribution in [0, 0.1) is 0 Å². The van der Waals surface area contributed by atoms with Crippen molar-refractivity contribution in [2.75, 3.05) is 26.2 Å². The zero-order chi connectivity index (χ0) is 9.80.